The Kier molecular flexibility index (Phi) is 8.79. The van der Waals surface area contributed by atoms with E-state index in [1.54, 1.807) is 27.7 Å². The summed E-state index contributed by atoms with van der Waals surface area (Å²) in [5.74, 6) is -0.121. The SMILES string of the molecule is CCOC(CC)=C(C)C(=O)O[N+](CC)(CC)C(CC)S(=O)(=O)O. The van der Waals surface area contributed by atoms with Crippen LogP contribution in [-0.4, -0.2) is 48.7 Å². The molecule has 0 aliphatic heterocycles. The van der Waals surface area contributed by atoms with Crippen LogP contribution in [0.2, 0.25) is 0 Å². The van der Waals surface area contributed by atoms with Gasteiger partial charge >= 0.3 is 16.1 Å². The maximum Gasteiger partial charge on any atom is 0.396 e. The van der Waals surface area contributed by atoms with Gasteiger partial charge in [-0.25, -0.2) is 4.79 Å². The lowest BCUT2D eigenvalue weighted by molar-refractivity contribution is -1.09. The average molecular weight is 352 g/mol. The van der Waals surface area contributed by atoms with Crippen LogP contribution in [0.1, 0.15) is 54.4 Å². The number of hydroxylamine groups is 3. The summed E-state index contributed by atoms with van der Waals surface area (Å²) in [6.07, 6.45) is 0.658. The van der Waals surface area contributed by atoms with Gasteiger partial charge in [0.1, 0.15) is 18.8 Å². The minimum atomic E-state index is -4.36. The van der Waals surface area contributed by atoms with E-state index >= 15 is 0 Å². The Morgan fingerprint density at radius 3 is 1.96 bits per heavy atom. The first-order valence-electron chi connectivity index (χ1n) is 8.02. The molecule has 0 bridgehead atoms. The zero-order valence-corrected chi connectivity index (χ0v) is 15.8. The van der Waals surface area contributed by atoms with Crippen molar-refractivity contribution in [1.29, 1.82) is 0 Å². The number of hydrogen-bond donors (Lipinski definition) is 1. The van der Waals surface area contributed by atoms with Crippen LogP contribution in [-0.2, 0) is 24.5 Å². The summed E-state index contributed by atoms with van der Waals surface area (Å²) in [4.78, 5) is 18.0. The lowest BCUT2D eigenvalue weighted by Gasteiger charge is -2.37. The second-order valence-corrected chi connectivity index (χ2v) is 6.75. The van der Waals surface area contributed by atoms with Gasteiger partial charge in [-0.05, 0) is 27.7 Å². The molecule has 0 spiro atoms. The van der Waals surface area contributed by atoms with Crippen molar-refractivity contribution in [2.75, 3.05) is 19.7 Å². The van der Waals surface area contributed by atoms with Gasteiger partial charge in [-0.15, -0.1) is 4.65 Å². The number of quaternary nitrogens is 1. The molecule has 0 saturated carbocycles. The third-order valence-electron chi connectivity index (χ3n) is 3.92. The van der Waals surface area contributed by atoms with Gasteiger partial charge in [-0.3, -0.25) is 9.39 Å². The maximum atomic E-state index is 12.4. The van der Waals surface area contributed by atoms with Crippen LogP contribution in [0, 0.1) is 0 Å². The van der Waals surface area contributed by atoms with Crippen molar-refractivity contribution in [3.05, 3.63) is 11.3 Å². The molecule has 0 rings (SSSR count). The van der Waals surface area contributed by atoms with Crippen LogP contribution in [0.15, 0.2) is 11.3 Å². The predicted molar refractivity (Wildman–Crippen MR) is 87.7 cm³/mol. The van der Waals surface area contributed by atoms with Crippen molar-refractivity contribution in [3.8, 4) is 0 Å². The van der Waals surface area contributed by atoms with Crippen molar-refractivity contribution in [2.24, 2.45) is 0 Å². The fourth-order valence-electron chi connectivity index (χ4n) is 2.60. The van der Waals surface area contributed by atoms with Crippen molar-refractivity contribution in [3.63, 3.8) is 0 Å². The van der Waals surface area contributed by atoms with Gasteiger partial charge in [0.15, 0.2) is 0 Å². The quantitative estimate of drug-likeness (QED) is 0.214. The molecule has 136 valence electrons. The predicted octanol–water partition coefficient (Wildman–Crippen LogP) is 2.65. The van der Waals surface area contributed by atoms with Crippen LogP contribution in [0.4, 0.5) is 0 Å². The Labute approximate surface area is 139 Å². The number of carbonyl (C=O) groups is 1. The number of ether oxygens (including phenoxy) is 1. The number of hydrogen-bond acceptors (Lipinski definition) is 5. The van der Waals surface area contributed by atoms with Crippen LogP contribution >= 0.6 is 0 Å². The highest BCUT2D eigenvalue weighted by Crippen LogP contribution is 2.24. The number of rotatable bonds is 10. The summed E-state index contributed by atoms with van der Waals surface area (Å²) in [7, 11) is -4.36. The summed E-state index contributed by atoms with van der Waals surface area (Å²) in [5, 5.41) is -1.22. The highest BCUT2D eigenvalue weighted by Gasteiger charge is 2.46. The summed E-state index contributed by atoms with van der Waals surface area (Å²) in [5.41, 5.74) is 0.309. The fourth-order valence-corrected chi connectivity index (χ4v) is 3.85. The Bertz CT molecular complexity index is 522. The van der Waals surface area contributed by atoms with Crippen LogP contribution in [0.5, 0.6) is 0 Å². The van der Waals surface area contributed by atoms with E-state index in [9.17, 15) is 17.8 Å². The van der Waals surface area contributed by atoms with Gasteiger partial charge in [0.05, 0.1) is 12.2 Å². The molecule has 0 radical (unpaired) electrons. The van der Waals surface area contributed by atoms with Crippen molar-refractivity contribution >= 4 is 16.1 Å². The smallest absolute Gasteiger partial charge is 0.396 e. The third-order valence-corrected chi connectivity index (χ3v) is 5.32. The lowest BCUT2D eigenvalue weighted by Crippen LogP contribution is -2.58. The van der Waals surface area contributed by atoms with Gasteiger partial charge in [-0.2, -0.15) is 8.42 Å². The molecular weight excluding hydrogens is 322 g/mol. The molecule has 0 aromatic heterocycles. The molecule has 8 heteroatoms. The second kappa shape index (κ2) is 9.24. The molecule has 0 aromatic carbocycles. The van der Waals surface area contributed by atoms with E-state index in [-0.39, 0.29) is 19.5 Å². The van der Waals surface area contributed by atoms with Crippen molar-refractivity contribution in [2.45, 2.75) is 59.8 Å². The topological polar surface area (TPSA) is 89.9 Å². The fraction of sp³-hybridized carbons (Fsp3) is 0.800. The molecule has 0 aromatic rings. The lowest BCUT2D eigenvalue weighted by atomic mass is 10.2. The summed E-state index contributed by atoms with van der Waals surface area (Å²) < 4.78 is 37.8. The van der Waals surface area contributed by atoms with E-state index in [4.69, 9.17) is 9.57 Å². The summed E-state index contributed by atoms with van der Waals surface area (Å²) in [6, 6.07) is 0. The van der Waals surface area contributed by atoms with Gasteiger partial charge in [0.25, 0.3) is 5.37 Å². The van der Waals surface area contributed by atoms with Crippen LogP contribution < -0.4 is 0 Å². The molecule has 0 aliphatic carbocycles. The number of nitrogens with zero attached hydrogens (tertiary/aromatic N) is 1. The van der Waals surface area contributed by atoms with Gasteiger partial charge in [-0.1, -0.05) is 13.8 Å². The van der Waals surface area contributed by atoms with Crippen molar-refractivity contribution in [1.82, 2.24) is 0 Å². The van der Waals surface area contributed by atoms with E-state index in [1.165, 1.54) is 0 Å². The normalized spacial score (nSPS) is 14.9. The molecule has 1 atom stereocenters. The molecule has 7 nitrogen and oxygen atoms in total. The molecule has 23 heavy (non-hydrogen) atoms. The zero-order valence-electron chi connectivity index (χ0n) is 15.0. The minimum Gasteiger partial charge on any atom is -0.498 e. The summed E-state index contributed by atoms with van der Waals surface area (Å²) >= 11 is 0. The first-order valence-corrected chi connectivity index (χ1v) is 9.53. The Hall–Kier alpha value is -1.12. The van der Waals surface area contributed by atoms with Crippen LogP contribution in [0.3, 0.4) is 0 Å². The average Bonchev–Trinajstić information content (AvgIpc) is 2.49. The highest BCUT2D eigenvalue weighted by molar-refractivity contribution is 7.86. The monoisotopic (exact) mass is 352 g/mol. The van der Waals surface area contributed by atoms with E-state index in [2.05, 4.69) is 0 Å². The zero-order chi connectivity index (χ0) is 18.3. The molecule has 0 heterocycles. The highest BCUT2D eigenvalue weighted by atomic mass is 32.2. The van der Waals surface area contributed by atoms with Crippen molar-refractivity contribution < 1.29 is 32.0 Å². The first-order chi connectivity index (χ1) is 10.6. The Morgan fingerprint density at radius 2 is 1.65 bits per heavy atom. The van der Waals surface area contributed by atoms with E-state index in [0.717, 1.165) is 0 Å². The third kappa shape index (κ3) is 5.47. The van der Waals surface area contributed by atoms with E-state index < -0.39 is 26.1 Å². The molecule has 0 aliphatic rings. The first kappa shape index (κ1) is 21.9. The largest absolute Gasteiger partial charge is 0.498 e. The maximum absolute atomic E-state index is 12.4. The summed E-state index contributed by atoms with van der Waals surface area (Å²) in [6.45, 7) is 11.2. The van der Waals surface area contributed by atoms with Gasteiger partial charge in [0, 0.05) is 12.8 Å². The number of carbonyl (C=O) groups excluding carboxylic acids is 1. The molecule has 0 saturated heterocycles. The standard InChI is InChI=1S/C15H29NO6S/c1-7-13(21-11-5)12(6)15(17)22-16(9-3,10-4)14(8-2)23(18,19)20/h14H,7-11H2,1-6H3/p+1. The Morgan fingerprint density at radius 1 is 1.13 bits per heavy atom. The van der Waals surface area contributed by atoms with Gasteiger partial charge < -0.3 is 4.74 Å². The molecule has 1 unspecified atom stereocenters. The van der Waals surface area contributed by atoms with E-state index in [0.29, 0.717) is 24.4 Å². The van der Waals surface area contributed by atoms with E-state index in [1.807, 2.05) is 13.8 Å². The van der Waals surface area contributed by atoms with Gasteiger partial charge in [0.2, 0.25) is 0 Å². The second-order valence-electron chi connectivity index (χ2n) is 5.18. The Balaban J connectivity index is 5.72. The number of allylic oxidation sites excluding steroid dienone is 1. The molecule has 1 N–H and O–H groups in total. The molecular formula is C15H30NO6S+. The minimum absolute atomic E-state index is 0.128. The molecule has 0 fully saturated rings. The molecule has 0 amide bonds. The van der Waals surface area contributed by atoms with Crippen LogP contribution in [0.25, 0.3) is 0 Å².